The smallest absolute Gasteiger partial charge is 0.128 e. The van der Waals surface area contributed by atoms with Crippen molar-refractivity contribution in [2.24, 2.45) is 0 Å². The highest BCUT2D eigenvalue weighted by Gasteiger charge is 2.19. The molecule has 70 valence electrons. The van der Waals surface area contributed by atoms with E-state index < -0.39 is 0 Å². The van der Waals surface area contributed by atoms with Gasteiger partial charge in [-0.25, -0.2) is 4.39 Å². The van der Waals surface area contributed by atoms with Gasteiger partial charge < -0.3 is 5.32 Å². The molecule has 0 amide bonds. The van der Waals surface area contributed by atoms with Gasteiger partial charge in [0.1, 0.15) is 5.82 Å². The summed E-state index contributed by atoms with van der Waals surface area (Å²) in [6.07, 6.45) is 2.11. The van der Waals surface area contributed by atoms with Crippen LogP contribution in [0.25, 0.3) is 0 Å². The minimum absolute atomic E-state index is 0.152. The van der Waals surface area contributed by atoms with Crippen molar-refractivity contribution >= 4 is 11.6 Å². The first-order chi connectivity index (χ1) is 6.27. The van der Waals surface area contributed by atoms with Crippen LogP contribution in [0.4, 0.5) is 4.39 Å². The summed E-state index contributed by atoms with van der Waals surface area (Å²) in [5.41, 5.74) is 0.699. The Kier molecular flexibility index (Phi) is 2.51. The van der Waals surface area contributed by atoms with Gasteiger partial charge in [0.25, 0.3) is 0 Å². The third kappa shape index (κ3) is 1.84. The van der Waals surface area contributed by atoms with Gasteiger partial charge in [0.05, 0.1) is 0 Å². The Morgan fingerprint density at radius 3 is 3.00 bits per heavy atom. The van der Waals surface area contributed by atoms with Crippen LogP contribution in [-0.4, -0.2) is 6.54 Å². The molecule has 1 aliphatic rings. The van der Waals surface area contributed by atoms with Crippen LogP contribution in [0.5, 0.6) is 0 Å². The maximum atomic E-state index is 13.3. The molecule has 1 atom stereocenters. The first-order valence-corrected chi connectivity index (χ1v) is 4.83. The predicted molar refractivity (Wildman–Crippen MR) is 51.4 cm³/mol. The maximum Gasteiger partial charge on any atom is 0.128 e. The van der Waals surface area contributed by atoms with Crippen molar-refractivity contribution in [3.8, 4) is 0 Å². The van der Waals surface area contributed by atoms with Crippen molar-refractivity contribution in [1.29, 1.82) is 0 Å². The molecule has 3 heteroatoms. The molecule has 0 spiro atoms. The Labute approximate surface area is 81.9 Å². The van der Waals surface area contributed by atoms with E-state index in [0.29, 0.717) is 10.6 Å². The van der Waals surface area contributed by atoms with Gasteiger partial charge in [-0.15, -0.1) is 0 Å². The van der Waals surface area contributed by atoms with Crippen molar-refractivity contribution in [2.75, 3.05) is 6.54 Å². The van der Waals surface area contributed by atoms with Crippen molar-refractivity contribution in [1.82, 2.24) is 5.32 Å². The highest BCUT2D eigenvalue weighted by Crippen LogP contribution is 2.27. The van der Waals surface area contributed by atoms with Crippen LogP contribution in [0.15, 0.2) is 18.2 Å². The summed E-state index contributed by atoms with van der Waals surface area (Å²) in [7, 11) is 0. The van der Waals surface area contributed by atoms with Crippen LogP contribution in [0, 0.1) is 5.82 Å². The summed E-state index contributed by atoms with van der Waals surface area (Å²) < 4.78 is 13.3. The summed E-state index contributed by atoms with van der Waals surface area (Å²) >= 11 is 5.80. The molecule has 2 rings (SSSR count). The molecule has 0 aromatic heterocycles. The number of rotatable bonds is 1. The maximum absolute atomic E-state index is 13.3. The Morgan fingerprint density at radius 2 is 2.31 bits per heavy atom. The molecule has 1 nitrogen and oxygen atoms in total. The Morgan fingerprint density at radius 1 is 1.46 bits per heavy atom. The molecule has 0 bridgehead atoms. The normalized spacial score (nSPS) is 22.2. The second-order valence-corrected chi connectivity index (χ2v) is 3.75. The standard InChI is InChI=1S/C10H11ClFN/c11-7-3-4-9(12)8(6-7)10-2-1-5-13-10/h3-4,6,10,13H,1-2,5H2. The first kappa shape index (κ1) is 8.97. The lowest BCUT2D eigenvalue weighted by atomic mass is 10.1. The van der Waals surface area contributed by atoms with E-state index in [1.807, 2.05) is 0 Å². The fourth-order valence-corrected chi connectivity index (χ4v) is 1.91. The van der Waals surface area contributed by atoms with Gasteiger partial charge in [-0.2, -0.15) is 0 Å². The lowest BCUT2D eigenvalue weighted by Gasteiger charge is -2.11. The van der Waals surface area contributed by atoms with Crippen LogP contribution in [0.3, 0.4) is 0 Å². The van der Waals surface area contributed by atoms with E-state index in [0.717, 1.165) is 19.4 Å². The Hall–Kier alpha value is -0.600. The van der Waals surface area contributed by atoms with Crippen LogP contribution in [0.2, 0.25) is 5.02 Å². The van der Waals surface area contributed by atoms with E-state index in [1.54, 1.807) is 12.1 Å². The molecule has 1 saturated heterocycles. The molecule has 13 heavy (non-hydrogen) atoms. The monoisotopic (exact) mass is 199 g/mol. The average Bonchev–Trinajstić information content (AvgIpc) is 2.61. The van der Waals surface area contributed by atoms with Crippen molar-refractivity contribution in [2.45, 2.75) is 18.9 Å². The zero-order chi connectivity index (χ0) is 9.26. The van der Waals surface area contributed by atoms with Gasteiger partial charge >= 0.3 is 0 Å². The third-order valence-electron chi connectivity index (χ3n) is 2.39. The van der Waals surface area contributed by atoms with E-state index in [4.69, 9.17) is 11.6 Å². The van der Waals surface area contributed by atoms with E-state index >= 15 is 0 Å². The van der Waals surface area contributed by atoms with E-state index in [-0.39, 0.29) is 11.9 Å². The predicted octanol–water partition coefficient (Wildman–Crippen LogP) is 2.90. The molecular weight excluding hydrogens is 189 g/mol. The molecule has 1 fully saturated rings. The van der Waals surface area contributed by atoms with Gasteiger partial charge in [-0.1, -0.05) is 11.6 Å². The quantitative estimate of drug-likeness (QED) is 0.734. The molecule has 1 aliphatic heterocycles. The van der Waals surface area contributed by atoms with Gasteiger partial charge in [0.2, 0.25) is 0 Å². The summed E-state index contributed by atoms with van der Waals surface area (Å²) in [6, 6.07) is 4.87. The fourth-order valence-electron chi connectivity index (χ4n) is 1.73. The first-order valence-electron chi connectivity index (χ1n) is 4.46. The average molecular weight is 200 g/mol. The SMILES string of the molecule is Fc1ccc(Cl)cc1C1CCCN1. The minimum atomic E-state index is -0.163. The zero-order valence-corrected chi connectivity index (χ0v) is 7.94. The van der Waals surface area contributed by atoms with E-state index in [1.165, 1.54) is 6.07 Å². The Bertz CT molecular complexity index is 308. The molecule has 1 aromatic carbocycles. The fraction of sp³-hybridized carbons (Fsp3) is 0.400. The van der Waals surface area contributed by atoms with Crippen LogP contribution < -0.4 is 5.32 Å². The van der Waals surface area contributed by atoms with Crippen LogP contribution in [0.1, 0.15) is 24.4 Å². The van der Waals surface area contributed by atoms with Gasteiger partial charge in [0, 0.05) is 16.6 Å². The largest absolute Gasteiger partial charge is 0.310 e. The molecule has 1 unspecified atom stereocenters. The topological polar surface area (TPSA) is 12.0 Å². The zero-order valence-electron chi connectivity index (χ0n) is 7.19. The van der Waals surface area contributed by atoms with Gasteiger partial charge in [-0.05, 0) is 37.6 Å². The molecule has 0 saturated carbocycles. The highest BCUT2D eigenvalue weighted by molar-refractivity contribution is 6.30. The molecule has 0 aliphatic carbocycles. The number of hydrogen-bond donors (Lipinski definition) is 1. The van der Waals surface area contributed by atoms with Crippen molar-refractivity contribution in [3.05, 3.63) is 34.6 Å². The summed E-state index contributed by atoms with van der Waals surface area (Å²) in [4.78, 5) is 0. The second kappa shape index (κ2) is 3.64. The van der Waals surface area contributed by atoms with Crippen LogP contribution in [-0.2, 0) is 0 Å². The highest BCUT2D eigenvalue weighted by atomic mass is 35.5. The van der Waals surface area contributed by atoms with Gasteiger partial charge in [0.15, 0.2) is 0 Å². The number of nitrogens with one attached hydrogen (secondary N) is 1. The minimum Gasteiger partial charge on any atom is -0.310 e. The summed E-state index contributed by atoms with van der Waals surface area (Å²) in [6.45, 7) is 0.969. The summed E-state index contributed by atoms with van der Waals surface area (Å²) in [5, 5.41) is 3.84. The summed E-state index contributed by atoms with van der Waals surface area (Å²) in [5.74, 6) is -0.163. The van der Waals surface area contributed by atoms with E-state index in [9.17, 15) is 4.39 Å². The molecule has 1 N–H and O–H groups in total. The number of halogens is 2. The van der Waals surface area contributed by atoms with Crippen molar-refractivity contribution < 1.29 is 4.39 Å². The number of hydrogen-bond acceptors (Lipinski definition) is 1. The lowest BCUT2D eigenvalue weighted by Crippen LogP contribution is -2.14. The Balaban J connectivity index is 2.32. The molecular formula is C10H11ClFN. The second-order valence-electron chi connectivity index (χ2n) is 3.31. The lowest BCUT2D eigenvalue weighted by molar-refractivity contribution is 0.559. The van der Waals surface area contributed by atoms with Gasteiger partial charge in [-0.3, -0.25) is 0 Å². The molecule has 1 aromatic rings. The van der Waals surface area contributed by atoms with Crippen LogP contribution >= 0.6 is 11.6 Å². The number of benzene rings is 1. The molecule has 0 radical (unpaired) electrons. The third-order valence-corrected chi connectivity index (χ3v) is 2.63. The van der Waals surface area contributed by atoms with Crippen molar-refractivity contribution in [3.63, 3.8) is 0 Å². The van der Waals surface area contributed by atoms with E-state index in [2.05, 4.69) is 5.32 Å². The molecule has 1 heterocycles.